The van der Waals surface area contributed by atoms with E-state index in [-0.39, 0.29) is 47.5 Å². The topological polar surface area (TPSA) is 62.3 Å². The van der Waals surface area contributed by atoms with E-state index >= 15 is 4.39 Å². The van der Waals surface area contributed by atoms with E-state index < -0.39 is 46.8 Å². The molecule has 220 valence electrons. The second-order valence-corrected chi connectivity index (χ2v) is 8.91. The van der Waals surface area contributed by atoms with Gasteiger partial charge < -0.3 is 10.2 Å². The highest BCUT2D eigenvalue weighted by molar-refractivity contribution is 6.09. The monoisotopic (exact) mass is 587 g/mol. The van der Waals surface area contributed by atoms with Crippen LogP contribution in [-0.2, 0) is 18.5 Å². The lowest BCUT2D eigenvalue weighted by Gasteiger charge is -2.31. The number of benzene rings is 2. The fourth-order valence-electron chi connectivity index (χ4n) is 4.33. The van der Waals surface area contributed by atoms with Gasteiger partial charge in [-0.05, 0) is 67.3 Å². The minimum Gasteiger partial charge on any atom is -0.321 e. The van der Waals surface area contributed by atoms with Gasteiger partial charge >= 0.3 is 18.0 Å². The lowest BCUT2D eigenvalue weighted by molar-refractivity contribution is -0.348. The minimum atomic E-state index is -6.31. The van der Waals surface area contributed by atoms with Crippen molar-refractivity contribution in [2.45, 2.75) is 51.6 Å². The summed E-state index contributed by atoms with van der Waals surface area (Å²) in [6.07, 6.45) is -10.2. The molecule has 0 saturated carbocycles. The van der Waals surface area contributed by atoms with E-state index in [1.807, 2.05) is 0 Å². The van der Waals surface area contributed by atoms with Crippen molar-refractivity contribution in [3.05, 3.63) is 88.5 Å². The number of rotatable bonds is 8. The van der Waals surface area contributed by atoms with Crippen molar-refractivity contribution in [1.82, 2.24) is 4.98 Å². The standard InChI is InChI=1S/C28H25F8N3O2/c1-4-16-14-19(26(30,27(31,32)33)28(34,35)36)15-17(5-2)23(16)38-24(40)20-8-7-9-21(22(20)29)39(6-3)25(41)18-10-12-37-13-11-18/h7-15H,4-6H2,1-3H3,(H,38,40). The van der Waals surface area contributed by atoms with Gasteiger partial charge in [0.25, 0.3) is 11.8 Å². The fourth-order valence-corrected chi connectivity index (χ4v) is 4.33. The number of nitrogens with zero attached hydrogens (tertiary/aromatic N) is 2. The average molecular weight is 588 g/mol. The number of halogens is 8. The van der Waals surface area contributed by atoms with E-state index in [0.717, 1.165) is 11.0 Å². The lowest BCUT2D eigenvalue weighted by Crippen LogP contribution is -2.50. The van der Waals surface area contributed by atoms with Crippen LogP contribution in [0.3, 0.4) is 0 Å². The predicted octanol–water partition coefficient (Wildman–Crippen LogP) is 7.55. The maximum absolute atomic E-state index is 15.6. The molecule has 1 aromatic heterocycles. The third-order valence-corrected chi connectivity index (χ3v) is 6.48. The Hall–Kier alpha value is -4.03. The van der Waals surface area contributed by atoms with E-state index in [0.29, 0.717) is 12.1 Å². The van der Waals surface area contributed by atoms with Crippen LogP contribution in [0.25, 0.3) is 0 Å². The maximum Gasteiger partial charge on any atom is 0.435 e. The van der Waals surface area contributed by atoms with Gasteiger partial charge in [0.05, 0.1) is 11.3 Å². The van der Waals surface area contributed by atoms with Gasteiger partial charge in [0.15, 0.2) is 5.82 Å². The zero-order valence-corrected chi connectivity index (χ0v) is 22.1. The number of carbonyl (C=O) groups is 2. The van der Waals surface area contributed by atoms with E-state index in [1.54, 1.807) is 6.92 Å². The van der Waals surface area contributed by atoms with E-state index in [2.05, 4.69) is 10.3 Å². The molecule has 5 nitrogen and oxygen atoms in total. The molecule has 13 heteroatoms. The third kappa shape index (κ3) is 5.89. The summed E-state index contributed by atoms with van der Waals surface area (Å²) in [4.78, 5) is 31.0. The Morgan fingerprint density at radius 2 is 1.39 bits per heavy atom. The summed E-state index contributed by atoms with van der Waals surface area (Å²) in [6.45, 7) is 4.38. The summed E-state index contributed by atoms with van der Waals surface area (Å²) in [5.41, 5.74) is -8.50. The van der Waals surface area contributed by atoms with Crippen LogP contribution in [0.4, 0.5) is 46.5 Å². The highest BCUT2D eigenvalue weighted by Crippen LogP contribution is 2.54. The Labute approximate surface area is 230 Å². The molecule has 1 N–H and O–H groups in total. The number of carbonyl (C=O) groups excluding carboxylic acids is 2. The second-order valence-electron chi connectivity index (χ2n) is 8.91. The van der Waals surface area contributed by atoms with Gasteiger partial charge in [-0.25, -0.2) is 8.78 Å². The van der Waals surface area contributed by atoms with E-state index in [9.17, 15) is 40.3 Å². The molecule has 3 rings (SSSR count). The number of amides is 2. The molecule has 0 aliphatic rings. The molecule has 0 fully saturated rings. The first-order valence-corrected chi connectivity index (χ1v) is 12.4. The third-order valence-electron chi connectivity index (χ3n) is 6.48. The Bertz CT molecular complexity index is 1380. The molecule has 0 atom stereocenters. The SMILES string of the molecule is CCc1cc(C(F)(C(F)(F)F)C(F)(F)F)cc(CC)c1NC(=O)c1cccc(N(CC)C(=O)c2ccncc2)c1F. The Morgan fingerprint density at radius 3 is 1.85 bits per heavy atom. The first-order chi connectivity index (χ1) is 19.1. The van der Waals surface area contributed by atoms with Gasteiger partial charge in [0.1, 0.15) is 0 Å². The van der Waals surface area contributed by atoms with Crippen LogP contribution < -0.4 is 10.2 Å². The number of hydrogen-bond acceptors (Lipinski definition) is 3. The van der Waals surface area contributed by atoms with E-state index in [1.165, 1.54) is 50.5 Å². The normalized spacial score (nSPS) is 12.3. The molecule has 1 heterocycles. The summed E-state index contributed by atoms with van der Waals surface area (Å²) >= 11 is 0. The summed E-state index contributed by atoms with van der Waals surface area (Å²) in [5, 5.41) is 2.36. The van der Waals surface area contributed by atoms with Crippen LogP contribution >= 0.6 is 0 Å². The zero-order valence-electron chi connectivity index (χ0n) is 22.1. The Morgan fingerprint density at radius 1 is 0.854 bits per heavy atom. The molecule has 41 heavy (non-hydrogen) atoms. The molecule has 2 amide bonds. The molecular formula is C28H25F8N3O2. The number of aryl methyl sites for hydroxylation is 2. The van der Waals surface area contributed by atoms with Crippen LogP contribution in [0.15, 0.2) is 54.9 Å². The summed E-state index contributed by atoms with van der Waals surface area (Å²) in [5.74, 6) is -2.74. The highest BCUT2D eigenvalue weighted by Gasteiger charge is 2.73. The van der Waals surface area contributed by atoms with Crippen molar-refractivity contribution in [3.8, 4) is 0 Å². The van der Waals surface area contributed by atoms with Gasteiger partial charge in [-0.3, -0.25) is 14.6 Å². The molecule has 2 aromatic carbocycles. The lowest BCUT2D eigenvalue weighted by atomic mass is 9.88. The quantitative estimate of drug-likeness (QED) is 0.277. The molecule has 0 spiro atoms. The smallest absolute Gasteiger partial charge is 0.321 e. The first-order valence-electron chi connectivity index (χ1n) is 12.4. The van der Waals surface area contributed by atoms with Gasteiger partial charge in [-0.1, -0.05) is 19.9 Å². The molecule has 3 aromatic rings. The average Bonchev–Trinajstić information content (AvgIpc) is 2.92. The summed E-state index contributed by atoms with van der Waals surface area (Å²) < 4.78 is 111. The van der Waals surface area contributed by atoms with Gasteiger partial charge in [0, 0.05) is 35.8 Å². The Kier molecular flexibility index (Phi) is 9.09. The van der Waals surface area contributed by atoms with Crippen molar-refractivity contribution in [2.75, 3.05) is 16.8 Å². The number of alkyl halides is 7. The van der Waals surface area contributed by atoms with Crippen LogP contribution in [0, 0.1) is 5.82 Å². The van der Waals surface area contributed by atoms with Crippen molar-refractivity contribution < 1.29 is 44.7 Å². The summed E-state index contributed by atoms with van der Waals surface area (Å²) in [6, 6.07) is 7.32. The van der Waals surface area contributed by atoms with Gasteiger partial charge in [-0.2, -0.15) is 26.3 Å². The molecule has 0 aliphatic carbocycles. The Balaban J connectivity index is 2.06. The number of aromatic nitrogens is 1. The predicted molar refractivity (Wildman–Crippen MR) is 136 cm³/mol. The molecule has 0 unspecified atom stereocenters. The molecule has 0 radical (unpaired) electrons. The van der Waals surface area contributed by atoms with Crippen molar-refractivity contribution in [2.24, 2.45) is 0 Å². The van der Waals surface area contributed by atoms with Gasteiger partial charge in [-0.15, -0.1) is 0 Å². The second kappa shape index (κ2) is 11.8. The molecular weight excluding hydrogens is 562 g/mol. The van der Waals surface area contributed by atoms with Crippen LogP contribution in [0.2, 0.25) is 0 Å². The largest absolute Gasteiger partial charge is 0.435 e. The minimum absolute atomic E-state index is 0.0218. The number of anilines is 2. The fraction of sp³-hybridized carbons (Fsp3) is 0.321. The van der Waals surface area contributed by atoms with Crippen LogP contribution in [0.1, 0.15) is 58.2 Å². The van der Waals surface area contributed by atoms with Crippen molar-refractivity contribution in [3.63, 3.8) is 0 Å². The van der Waals surface area contributed by atoms with Crippen molar-refractivity contribution in [1.29, 1.82) is 0 Å². The van der Waals surface area contributed by atoms with E-state index in [4.69, 9.17) is 0 Å². The number of hydrogen-bond donors (Lipinski definition) is 1. The van der Waals surface area contributed by atoms with Gasteiger partial charge in [0.2, 0.25) is 0 Å². The van der Waals surface area contributed by atoms with Crippen LogP contribution in [-0.4, -0.2) is 35.7 Å². The maximum atomic E-state index is 15.6. The number of nitrogens with one attached hydrogen (secondary N) is 1. The van der Waals surface area contributed by atoms with Crippen LogP contribution in [0.5, 0.6) is 0 Å². The highest BCUT2D eigenvalue weighted by atomic mass is 19.4. The summed E-state index contributed by atoms with van der Waals surface area (Å²) in [7, 11) is 0. The molecule has 0 aliphatic heterocycles. The molecule has 0 bridgehead atoms. The van der Waals surface area contributed by atoms with Crippen molar-refractivity contribution >= 4 is 23.2 Å². The zero-order chi connectivity index (χ0) is 30.8. The number of pyridine rings is 1. The first kappa shape index (κ1) is 31.5. The molecule has 0 saturated heterocycles.